The fourth-order valence-electron chi connectivity index (χ4n) is 3.50. The van der Waals surface area contributed by atoms with Crippen LogP contribution < -0.4 is 10.1 Å². The summed E-state index contributed by atoms with van der Waals surface area (Å²) in [5.41, 5.74) is 3.93. The van der Waals surface area contributed by atoms with E-state index in [4.69, 9.17) is 13.7 Å². The number of ether oxygens (including phenoxy) is 1. The number of benzene rings is 2. The molecule has 5 rings (SSSR count). The third-order valence-corrected chi connectivity index (χ3v) is 5.22. The Morgan fingerprint density at radius 3 is 2.91 bits per heavy atom. The van der Waals surface area contributed by atoms with Crippen LogP contribution in [-0.4, -0.2) is 34.7 Å². The zero-order valence-corrected chi connectivity index (χ0v) is 17.8. The Bertz CT molecular complexity index is 1410. The second-order valence-electron chi connectivity index (χ2n) is 7.38. The lowest BCUT2D eigenvalue weighted by Gasteiger charge is -2.05. The van der Waals surface area contributed by atoms with E-state index in [-0.39, 0.29) is 5.91 Å². The normalized spacial score (nSPS) is 10.9. The zero-order chi connectivity index (χ0) is 22.6. The average Bonchev–Trinajstić information content (AvgIpc) is 3.51. The summed E-state index contributed by atoms with van der Waals surface area (Å²) in [5.74, 6) is 0.966. The highest BCUT2D eigenvalue weighted by Crippen LogP contribution is 2.31. The van der Waals surface area contributed by atoms with Crippen LogP contribution in [-0.2, 0) is 6.42 Å². The van der Waals surface area contributed by atoms with Gasteiger partial charge in [0.25, 0.3) is 5.91 Å². The van der Waals surface area contributed by atoms with Gasteiger partial charge in [-0.25, -0.2) is 4.98 Å². The monoisotopic (exact) mass is 440 g/mol. The molecule has 3 aromatic heterocycles. The molecule has 3 heterocycles. The van der Waals surface area contributed by atoms with Gasteiger partial charge in [-0.1, -0.05) is 17.3 Å². The van der Waals surface area contributed by atoms with Crippen LogP contribution in [0.5, 0.6) is 5.75 Å². The predicted octanol–water partition coefficient (Wildman–Crippen LogP) is 4.53. The number of nitrogens with zero attached hydrogens (tertiary/aromatic N) is 3. The fraction of sp³-hybridized carbons (Fsp3) is 0.120. The molecule has 0 aliphatic carbocycles. The van der Waals surface area contributed by atoms with E-state index in [0.29, 0.717) is 52.5 Å². The zero-order valence-electron chi connectivity index (χ0n) is 17.8. The molecule has 8 heteroatoms. The van der Waals surface area contributed by atoms with Gasteiger partial charge in [0.1, 0.15) is 23.4 Å². The topological polar surface area (TPSA) is 103 Å². The minimum absolute atomic E-state index is 0.176. The highest BCUT2D eigenvalue weighted by Gasteiger charge is 2.18. The first-order valence-corrected chi connectivity index (χ1v) is 10.4. The number of hydrogen-bond donors (Lipinski definition) is 1. The number of nitrogens with one attached hydrogen (secondary N) is 1. The molecule has 33 heavy (non-hydrogen) atoms. The smallest absolute Gasteiger partial charge is 0.251 e. The SMILES string of the molecule is COc1cccc(-c2nc(-c3noc4ccc(C(=O)NCCc5cccnc5)cc34)co2)c1. The lowest BCUT2D eigenvalue weighted by atomic mass is 10.1. The minimum Gasteiger partial charge on any atom is -0.497 e. The van der Waals surface area contributed by atoms with E-state index in [1.165, 1.54) is 6.26 Å². The van der Waals surface area contributed by atoms with E-state index >= 15 is 0 Å². The molecule has 1 N–H and O–H groups in total. The molecule has 0 atom stereocenters. The Morgan fingerprint density at radius 2 is 2.06 bits per heavy atom. The van der Waals surface area contributed by atoms with Crippen LogP contribution in [0.15, 0.2) is 82.2 Å². The van der Waals surface area contributed by atoms with Gasteiger partial charge >= 0.3 is 0 Å². The predicted molar refractivity (Wildman–Crippen MR) is 122 cm³/mol. The maximum atomic E-state index is 12.7. The molecule has 0 radical (unpaired) electrons. The van der Waals surface area contributed by atoms with E-state index in [1.54, 1.807) is 37.7 Å². The van der Waals surface area contributed by atoms with Crippen molar-refractivity contribution < 1.29 is 18.5 Å². The maximum Gasteiger partial charge on any atom is 0.251 e. The van der Waals surface area contributed by atoms with E-state index in [9.17, 15) is 4.79 Å². The van der Waals surface area contributed by atoms with Crippen molar-refractivity contribution in [2.24, 2.45) is 0 Å². The van der Waals surface area contributed by atoms with Gasteiger partial charge < -0.3 is 19.0 Å². The number of pyridine rings is 1. The molecule has 1 amide bonds. The second-order valence-corrected chi connectivity index (χ2v) is 7.38. The van der Waals surface area contributed by atoms with Crippen molar-refractivity contribution in [2.45, 2.75) is 6.42 Å². The Labute approximate surface area is 189 Å². The molecular formula is C25H20N4O4. The van der Waals surface area contributed by atoms with Gasteiger partial charge in [0.05, 0.1) is 12.5 Å². The Hall–Kier alpha value is -4.46. The number of fused-ring (bicyclic) bond motifs is 1. The van der Waals surface area contributed by atoms with Crippen LogP contribution in [0.1, 0.15) is 15.9 Å². The number of oxazole rings is 1. The fourth-order valence-corrected chi connectivity index (χ4v) is 3.50. The largest absolute Gasteiger partial charge is 0.497 e. The first-order chi connectivity index (χ1) is 16.2. The number of aromatic nitrogens is 3. The summed E-state index contributed by atoms with van der Waals surface area (Å²) < 4.78 is 16.4. The molecule has 0 saturated heterocycles. The van der Waals surface area contributed by atoms with Gasteiger partial charge in [0.2, 0.25) is 5.89 Å². The van der Waals surface area contributed by atoms with E-state index in [2.05, 4.69) is 20.4 Å². The van der Waals surface area contributed by atoms with E-state index < -0.39 is 0 Å². The van der Waals surface area contributed by atoms with Crippen molar-refractivity contribution in [3.05, 3.63) is 84.4 Å². The van der Waals surface area contributed by atoms with Crippen LogP contribution in [0.25, 0.3) is 33.8 Å². The summed E-state index contributed by atoms with van der Waals surface area (Å²) >= 11 is 0. The molecule has 0 aliphatic rings. The number of carbonyl (C=O) groups is 1. The molecule has 0 saturated carbocycles. The van der Waals surface area contributed by atoms with Gasteiger partial charge in [0, 0.05) is 30.1 Å². The summed E-state index contributed by atoms with van der Waals surface area (Å²) in [4.78, 5) is 21.3. The number of rotatable bonds is 7. The highest BCUT2D eigenvalue weighted by atomic mass is 16.5. The summed E-state index contributed by atoms with van der Waals surface area (Å²) in [5, 5.41) is 7.76. The molecule has 0 fully saturated rings. The number of methoxy groups -OCH3 is 1. The third-order valence-electron chi connectivity index (χ3n) is 5.22. The molecule has 0 aliphatic heterocycles. The molecule has 0 bridgehead atoms. The molecular weight excluding hydrogens is 420 g/mol. The summed E-state index contributed by atoms with van der Waals surface area (Å²) in [6, 6.07) is 16.5. The Morgan fingerprint density at radius 1 is 1.12 bits per heavy atom. The molecule has 8 nitrogen and oxygen atoms in total. The standard InChI is InChI=1S/C25H20N4O4/c1-31-19-6-2-5-18(12-19)25-28-21(15-32-25)23-20-13-17(7-8-22(20)33-29-23)24(30)27-11-9-16-4-3-10-26-14-16/h2-8,10,12-15H,9,11H2,1H3,(H,27,30). The second kappa shape index (κ2) is 8.96. The van der Waals surface area contributed by atoms with Gasteiger partial charge in [0.15, 0.2) is 5.58 Å². The third kappa shape index (κ3) is 4.31. The number of carbonyl (C=O) groups excluding carboxylic acids is 1. The number of hydrogen-bond acceptors (Lipinski definition) is 7. The van der Waals surface area contributed by atoms with Crippen LogP contribution in [0.4, 0.5) is 0 Å². The van der Waals surface area contributed by atoms with Crippen molar-refractivity contribution in [2.75, 3.05) is 13.7 Å². The van der Waals surface area contributed by atoms with Crippen molar-refractivity contribution in [1.82, 2.24) is 20.4 Å². The maximum absolute atomic E-state index is 12.7. The molecule has 2 aromatic carbocycles. The Balaban J connectivity index is 1.36. The van der Waals surface area contributed by atoms with Gasteiger partial charge in [-0.3, -0.25) is 9.78 Å². The quantitative estimate of drug-likeness (QED) is 0.397. The first kappa shape index (κ1) is 20.4. The minimum atomic E-state index is -0.176. The summed E-state index contributed by atoms with van der Waals surface area (Å²) in [6.45, 7) is 0.506. The van der Waals surface area contributed by atoms with Gasteiger partial charge in [-0.15, -0.1) is 0 Å². The van der Waals surface area contributed by atoms with Crippen molar-refractivity contribution in [1.29, 1.82) is 0 Å². The van der Waals surface area contributed by atoms with Crippen LogP contribution in [0.3, 0.4) is 0 Å². The van der Waals surface area contributed by atoms with Crippen molar-refractivity contribution >= 4 is 16.9 Å². The molecule has 0 unspecified atom stereocenters. The van der Waals surface area contributed by atoms with Gasteiger partial charge in [-0.05, 0) is 54.4 Å². The summed E-state index contributed by atoms with van der Waals surface area (Å²) in [7, 11) is 1.61. The lowest BCUT2D eigenvalue weighted by Crippen LogP contribution is -2.25. The van der Waals surface area contributed by atoms with Crippen LogP contribution in [0, 0.1) is 0 Å². The van der Waals surface area contributed by atoms with Crippen molar-refractivity contribution in [3.63, 3.8) is 0 Å². The average molecular weight is 440 g/mol. The van der Waals surface area contributed by atoms with Crippen molar-refractivity contribution in [3.8, 4) is 28.6 Å². The van der Waals surface area contributed by atoms with E-state index in [0.717, 1.165) is 11.1 Å². The summed E-state index contributed by atoms with van der Waals surface area (Å²) in [6.07, 6.45) is 5.74. The van der Waals surface area contributed by atoms with Gasteiger partial charge in [-0.2, -0.15) is 0 Å². The molecule has 164 valence electrons. The lowest BCUT2D eigenvalue weighted by molar-refractivity contribution is 0.0954. The first-order valence-electron chi connectivity index (χ1n) is 10.4. The van der Waals surface area contributed by atoms with Crippen LogP contribution >= 0.6 is 0 Å². The van der Waals surface area contributed by atoms with E-state index in [1.807, 2.05) is 36.4 Å². The van der Waals surface area contributed by atoms with Crippen LogP contribution in [0.2, 0.25) is 0 Å². The number of amides is 1. The highest BCUT2D eigenvalue weighted by molar-refractivity contribution is 6.00. The molecule has 5 aromatic rings. The Kier molecular flexibility index (Phi) is 5.55. The molecule has 0 spiro atoms.